The van der Waals surface area contributed by atoms with Crippen LogP contribution < -0.4 is 10.6 Å². The van der Waals surface area contributed by atoms with Crippen molar-refractivity contribution < 1.29 is 33.1 Å². The molecule has 1 saturated carbocycles. The Balaban J connectivity index is 0.850. The number of rotatable bonds is 14. The molecule has 4 aliphatic rings. The number of hydrogen-bond donors (Lipinski definition) is 4. The standard InChI is InChI=1S/C50H52F2N12O5S/c1-27(2)43(63-15-14-33(20-53)60-63)48(69)62-25-35(65)16-39(62)46(67)57-37(29-10-12-31(13-11-29)45-28(3)54-26-70-45)18-41(66)61-22-32(23-61)44(30-8-6-5-7-9-30)64-24-34(21-55-64)56-47(68)42-36-17-40-49(4,50(40,51)52)19-38(36)58-59-42/h5-15,21,24,26-27,32,35,37,39-40,43-44,65H,16-19,22-23,25H2,1-4H3,(H,56,68)(H,57,67)(H,58,59)/t35-,37+,39+,40?,43?,44+,49?/m1/s1. The van der Waals surface area contributed by atoms with E-state index in [9.17, 15) is 38.3 Å². The van der Waals surface area contributed by atoms with Crippen LogP contribution in [0.15, 0.2) is 84.8 Å². The van der Waals surface area contributed by atoms with E-state index in [4.69, 9.17) is 0 Å². The third-order valence-electron chi connectivity index (χ3n) is 14.8. The Labute approximate surface area is 405 Å². The van der Waals surface area contributed by atoms with Crippen molar-refractivity contribution in [3.8, 4) is 16.5 Å². The number of alkyl halides is 2. The number of nitrogens with zero attached hydrogens (tertiary/aromatic N) is 9. The number of aliphatic hydroxyl groups is 1. The van der Waals surface area contributed by atoms with Gasteiger partial charge in [0, 0.05) is 73.4 Å². The van der Waals surface area contributed by atoms with Gasteiger partial charge in [0.05, 0.1) is 52.6 Å². The van der Waals surface area contributed by atoms with Crippen LogP contribution in [0.2, 0.25) is 0 Å². The maximum absolute atomic E-state index is 14.6. The van der Waals surface area contributed by atoms with E-state index in [-0.39, 0.29) is 67.4 Å². The van der Waals surface area contributed by atoms with Crippen molar-refractivity contribution in [1.82, 2.24) is 49.9 Å². The second-order valence-corrected chi connectivity index (χ2v) is 20.5. The molecule has 0 bridgehead atoms. The van der Waals surface area contributed by atoms with Crippen LogP contribution in [0.5, 0.6) is 0 Å². The van der Waals surface area contributed by atoms with E-state index in [1.54, 1.807) is 34.4 Å². The number of aryl methyl sites for hydroxylation is 1. The minimum absolute atomic E-state index is 0.00484. The first-order valence-corrected chi connectivity index (χ1v) is 24.3. The van der Waals surface area contributed by atoms with Gasteiger partial charge in [-0.25, -0.2) is 13.8 Å². The first kappa shape index (κ1) is 46.6. The maximum atomic E-state index is 14.6. The molecule has 0 radical (unpaired) electrons. The fraction of sp³-hybridized carbons (Fsp3) is 0.420. The average molecular weight is 971 g/mol. The van der Waals surface area contributed by atoms with Gasteiger partial charge < -0.3 is 25.5 Å². The molecular weight excluding hydrogens is 919 g/mol. The minimum Gasteiger partial charge on any atom is -0.391 e. The zero-order valence-corrected chi connectivity index (χ0v) is 39.7. The molecule has 0 spiro atoms. The van der Waals surface area contributed by atoms with E-state index < -0.39 is 59.2 Å². The molecule has 7 atom stereocenters. The quantitative estimate of drug-likeness (QED) is 0.102. The van der Waals surface area contributed by atoms with Crippen molar-refractivity contribution >= 4 is 40.7 Å². The number of amides is 4. The van der Waals surface area contributed by atoms with Gasteiger partial charge in [-0.15, -0.1) is 11.3 Å². The molecule has 2 aliphatic heterocycles. The molecule has 3 unspecified atom stereocenters. The summed E-state index contributed by atoms with van der Waals surface area (Å²) in [6.07, 6.45) is 3.93. The van der Waals surface area contributed by atoms with Crippen molar-refractivity contribution in [2.75, 3.05) is 25.0 Å². The normalized spacial score (nSPS) is 22.6. The lowest BCUT2D eigenvalue weighted by Gasteiger charge is -2.44. The number of aromatic nitrogens is 7. The SMILES string of the molecule is Cc1ncsc1-c1ccc([C@H](CC(=O)N2CC([C@H](c3ccccc3)n3cc(NC(=O)c4n[nH]c5c4CC4C(F)(F)C4(C)C5)cn3)C2)NC(=O)[C@@H]2C[C@@H](O)CN2C(=O)C(C(C)C)n2ccc(C#N)n2)cc1. The number of β-amino-alcohol motifs (C(OH)–C–C–N with tert-alkyl or cyclic N) is 1. The van der Waals surface area contributed by atoms with Crippen LogP contribution in [0.25, 0.3) is 10.4 Å². The molecule has 4 amide bonds. The number of thiazole rings is 1. The summed E-state index contributed by atoms with van der Waals surface area (Å²) in [6.45, 7) is 7.85. The fourth-order valence-corrected chi connectivity index (χ4v) is 11.6. The second kappa shape index (κ2) is 18.0. The maximum Gasteiger partial charge on any atom is 0.276 e. The smallest absolute Gasteiger partial charge is 0.276 e. The van der Waals surface area contributed by atoms with Crippen molar-refractivity contribution in [2.45, 2.75) is 89.6 Å². The Morgan fingerprint density at radius 3 is 2.47 bits per heavy atom. The summed E-state index contributed by atoms with van der Waals surface area (Å²) in [6, 6.07) is 17.8. The minimum atomic E-state index is -2.79. The van der Waals surface area contributed by atoms with Crippen LogP contribution >= 0.6 is 11.3 Å². The Morgan fingerprint density at radius 2 is 1.79 bits per heavy atom. The third-order valence-corrected chi connectivity index (χ3v) is 15.8. The third kappa shape index (κ3) is 8.33. The van der Waals surface area contributed by atoms with Gasteiger partial charge in [0.1, 0.15) is 18.2 Å². The highest BCUT2D eigenvalue weighted by molar-refractivity contribution is 7.13. The summed E-state index contributed by atoms with van der Waals surface area (Å²) in [5, 5.41) is 42.2. The molecule has 6 heterocycles. The molecule has 3 fully saturated rings. The highest BCUT2D eigenvalue weighted by Crippen LogP contribution is 2.70. The summed E-state index contributed by atoms with van der Waals surface area (Å²) in [5.74, 6) is -5.64. The number of fused-ring (bicyclic) bond motifs is 2. The first-order chi connectivity index (χ1) is 33.5. The second-order valence-electron chi connectivity index (χ2n) is 19.6. The number of carbonyl (C=O) groups excluding carboxylic acids is 4. The van der Waals surface area contributed by atoms with Crippen LogP contribution in [0.4, 0.5) is 14.5 Å². The number of hydrogen-bond acceptors (Lipinski definition) is 11. The van der Waals surface area contributed by atoms with Gasteiger partial charge in [-0.05, 0) is 42.0 Å². The Morgan fingerprint density at radius 1 is 1.03 bits per heavy atom. The zero-order chi connectivity index (χ0) is 49.2. The molecule has 17 nitrogen and oxygen atoms in total. The lowest BCUT2D eigenvalue weighted by atomic mass is 9.86. The van der Waals surface area contributed by atoms with Crippen LogP contribution in [-0.2, 0) is 27.2 Å². The molecule has 70 heavy (non-hydrogen) atoms. The van der Waals surface area contributed by atoms with Gasteiger partial charge in [0.15, 0.2) is 11.4 Å². The van der Waals surface area contributed by atoms with Crippen LogP contribution in [-0.4, -0.2) is 111 Å². The first-order valence-electron chi connectivity index (χ1n) is 23.4. The van der Waals surface area contributed by atoms with E-state index in [2.05, 4.69) is 36.0 Å². The molecule has 20 heteroatoms. The predicted octanol–water partition coefficient (Wildman–Crippen LogP) is 5.88. The molecule has 2 aliphatic carbocycles. The van der Waals surface area contributed by atoms with E-state index in [1.165, 1.54) is 33.2 Å². The fourth-order valence-electron chi connectivity index (χ4n) is 10.7. The van der Waals surface area contributed by atoms with Gasteiger partial charge in [-0.2, -0.15) is 20.6 Å². The monoisotopic (exact) mass is 970 g/mol. The molecule has 2 aromatic carbocycles. The van der Waals surface area contributed by atoms with E-state index >= 15 is 0 Å². The van der Waals surface area contributed by atoms with Gasteiger partial charge in [0.25, 0.3) is 11.8 Å². The molecule has 362 valence electrons. The lowest BCUT2D eigenvalue weighted by molar-refractivity contribution is -0.143. The Kier molecular flexibility index (Phi) is 12.0. The summed E-state index contributed by atoms with van der Waals surface area (Å²) in [4.78, 5) is 65.0. The molecule has 4 N–H and O–H groups in total. The summed E-state index contributed by atoms with van der Waals surface area (Å²) < 4.78 is 32.4. The number of aromatic amines is 1. The van der Waals surface area contributed by atoms with Crippen LogP contribution in [0.3, 0.4) is 0 Å². The largest absolute Gasteiger partial charge is 0.391 e. The highest BCUT2D eigenvalue weighted by atomic mass is 32.1. The van der Waals surface area contributed by atoms with Crippen molar-refractivity contribution in [1.29, 1.82) is 5.26 Å². The van der Waals surface area contributed by atoms with E-state index in [1.807, 2.05) is 81.4 Å². The molecular formula is C50H52F2N12O5S. The van der Waals surface area contributed by atoms with Gasteiger partial charge in [-0.1, -0.05) is 75.4 Å². The highest BCUT2D eigenvalue weighted by Gasteiger charge is 2.78. The topological polar surface area (TPSA) is 220 Å². The predicted molar refractivity (Wildman–Crippen MR) is 252 cm³/mol. The van der Waals surface area contributed by atoms with Crippen LogP contribution in [0.1, 0.15) is 96.0 Å². The van der Waals surface area contributed by atoms with Gasteiger partial charge >= 0.3 is 0 Å². The number of benzene rings is 2. The number of likely N-dealkylation sites (tertiary alicyclic amines) is 2. The molecule has 6 aromatic rings. The number of carbonyl (C=O) groups is 4. The number of anilines is 1. The number of halogens is 2. The van der Waals surface area contributed by atoms with Gasteiger partial charge in [0.2, 0.25) is 17.7 Å². The van der Waals surface area contributed by atoms with E-state index in [0.29, 0.717) is 35.6 Å². The number of aliphatic hydroxyl groups excluding tert-OH is 1. The summed E-state index contributed by atoms with van der Waals surface area (Å²) in [7, 11) is 0. The van der Waals surface area contributed by atoms with Gasteiger partial charge in [-0.3, -0.25) is 33.6 Å². The summed E-state index contributed by atoms with van der Waals surface area (Å²) in [5.41, 5.74) is 5.79. The van der Waals surface area contributed by atoms with Crippen molar-refractivity contribution in [3.63, 3.8) is 0 Å². The average Bonchev–Trinajstić information content (AvgIpc) is 4.12. The lowest BCUT2D eigenvalue weighted by Crippen LogP contribution is -2.54. The molecule has 4 aromatic heterocycles. The number of nitriles is 1. The number of H-pyrrole nitrogens is 1. The van der Waals surface area contributed by atoms with Crippen LogP contribution in [0, 0.1) is 41.4 Å². The number of nitrogens with one attached hydrogen (secondary N) is 3. The zero-order valence-electron chi connectivity index (χ0n) is 38.9. The Hall–Kier alpha value is -7.11. The molecule has 2 saturated heterocycles. The Bertz CT molecular complexity index is 3010. The summed E-state index contributed by atoms with van der Waals surface area (Å²) >= 11 is 1.51. The van der Waals surface area contributed by atoms with Crippen molar-refractivity contribution in [3.05, 3.63) is 124 Å². The van der Waals surface area contributed by atoms with E-state index in [0.717, 1.165) is 21.7 Å². The van der Waals surface area contributed by atoms with Crippen molar-refractivity contribution in [2.24, 2.45) is 23.2 Å². The molecule has 10 rings (SSSR count).